The Hall–Kier alpha value is 0.270. The lowest BCUT2D eigenvalue weighted by molar-refractivity contribution is 0.125. The molecule has 0 radical (unpaired) electrons. The number of piperazine rings is 1. The highest BCUT2D eigenvalue weighted by atomic mass is 127. The van der Waals surface area contributed by atoms with Crippen LogP contribution in [-0.4, -0.2) is 91.1 Å². The molecule has 0 amide bonds. The van der Waals surface area contributed by atoms with E-state index in [4.69, 9.17) is 5.73 Å². The van der Waals surface area contributed by atoms with Crippen LogP contribution in [-0.2, 0) is 0 Å². The second-order valence-corrected chi connectivity index (χ2v) is 7.36. The first-order valence-corrected chi connectivity index (χ1v) is 9.41. The molecule has 7 heteroatoms. The molecule has 0 aliphatic carbocycles. The highest BCUT2D eigenvalue weighted by Crippen LogP contribution is 2.09. The number of likely N-dealkylation sites (N-methyl/N-ethyl adjacent to an activating group) is 1. The van der Waals surface area contributed by atoms with Gasteiger partial charge in [0.25, 0.3) is 0 Å². The van der Waals surface area contributed by atoms with Gasteiger partial charge in [0, 0.05) is 63.9 Å². The van der Waals surface area contributed by atoms with Crippen molar-refractivity contribution < 1.29 is 0 Å². The van der Waals surface area contributed by atoms with Crippen LogP contribution in [0.1, 0.15) is 13.8 Å². The predicted molar refractivity (Wildman–Crippen MR) is 109 cm³/mol. The van der Waals surface area contributed by atoms with Gasteiger partial charge in [0.15, 0.2) is 5.96 Å². The van der Waals surface area contributed by atoms with Gasteiger partial charge >= 0.3 is 0 Å². The van der Waals surface area contributed by atoms with E-state index in [9.17, 15) is 0 Å². The molecule has 22 heavy (non-hydrogen) atoms. The van der Waals surface area contributed by atoms with Gasteiger partial charge < -0.3 is 20.4 Å². The van der Waals surface area contributed by atoms with E-state index in [1.165, 1.54) is 44.2 Å². The van der Waals surface area contributed by atoms with Crippen molar-refractivity contribution in [2.24, 2.45) is 16.6 Å². The molecule has 2 aliphatic rings. The summed E-state index contributed by atoms with van der Waals surface area (Å²) in [5, 5.41) is 0. The lowest BCUT2D eigenvalue weighted by Gasteiger charge is -2.35. The molecule has 2 aliphatic heterocycles. The molecule has 0 saturated carbocycles. The third kappa shape index (κ3) is 6.80. The predicted octanol–water partition coefficient (Wildman–Crippen LogP) is 1.24. The standard InChI is InChI=1S/C15H31N5S.HI/c1-3-18-4-6-19(7-5-18)13-14(2)12-17-15(16)20-8-10-21-11-9-20;/h14H,3-13H2,1-2H3,(H2,16,17);1H. The summed E-state index contributed by atoms with van der Waals surface area (Å²) in [4.78, 5) is 11.9. The summed E-state index contributed by atoms with van der Waals surface area (Å²) in [6, 6.07) is 0. The summed E-state index contributed by atoms with van der Waals surface area (Å²) in [5.74, 6) is 3.68. The largest absolute Gasteiger partial charge is 0.370 e. The van der Waals surface area contributed by atoms with E-state index in [2.05, 4.69) is 33.5 Å². The molecule has 130 valence electrons. The maximum Gasteiger partial charge on any atom is 0.191 e. The van der Waals surface area contributed by atoms with E-state index in [-0.39, 0.29) is 24.0 Å². The van der Waals surface area contributed by atoms with E-state index in [0.29, 0.717) is 5.92 Å². The van der Waals surface area contributed by atoms with Crippen LogP contribution in [0.5, 0.6) is 0 Å². The third-order valence-corrected chi connectivity index (χ3v) is 5.32. The van der Waals surface area contributed by atoms with Gasteiger partial charge in [0.05, 0.1) is 0 Å². The molecule has 1 atom stereocenters. The SMILES string of the molecule is CCN1CCN(CC(C)CN=C(N)N2CCSCC2)CC1.I. The van der Waals surface area contributed by atoms with Gasteiger partial charge in [-0.2, -0.15) is 11.8 Å². The van der Waals surface area contributed by atoms with Gasteiger partial charge in [-0.25, -0.2) is 0 Å². The van der Waals surface area contributed by atoms with Crippen molar-refractivity contribution in [3.63, 3.8) is 0 Å². The summed E-state index contributed by atoms with van der Waals surface area (Å²) >= 11 is 2.00. The Morgan fingerprint density at radius 3 is 2.27 bits per heavy atom. The highest BCUT2D eigenvalue weighted by molar-refractivity contribution is 14.0. The van der Waals surface area contributed by atoms with Gasteiger partial charge in [-0.15, -0.1) is 24.0 Å². The average molecular weight is 441 g/mol. The Balaban J connectivity index is 0.00000242. The van der Waals surface area contributed by atoms with Crippen LogP contribution in [0.4, 0.5) is 0 Å². The lowest BCUT2D eigenvalue weighted by Crippen LogP contribution is -2.47. The van der Waals surface area contributed by atoms with Gasteiger partial charge in [-0.3, -0.25) is 4.99 Å². The zero-order valence-corrected chi connectivity index (χ0v) is 17.2. The zero-order chi connectivity index (χ0) is 15.1. The Kier molecular flexibility index (Phi) is 10.1. The molecule has 0 aromatic heterocycles. The van der Waals surface area contributed by atoms with Crippen LogP contribution in [0.25, 0.3) is 0 Å². The molecular formula is C15H32IN5S. The number of hydrogen-bond acceptors (Lipinski definition) is 4. The minimum absolute atomic E-state index is 0. The summed E-state index contributed by atoms with van der Waals surface area (Å²) in [5.41, 5.74) is 6.11. The molecule has 0 aromatic rings. The fraction of sp³-hybridized carbons (Fsp3) is 0.933. The fourth-order valence-corrected chi connectivity index (χ4v) is 3.83. The van der Waals surface area contributed by atoms with Crippen molar-refractivity contribution in [1.29, 1.82) is 0 Å². The maximum atomic E-state index is 6.11. The van der Waals surface area contributed by atoms with E-state index < -0.39 is 0 Å². The Bertz CT molecular complexity index is 328. The highest BCUT2D eigenvalue weighted by Gasteiger charge is 2.17. The van der Waals surface area contributed by atoms with Crippen LogP contribution >= 0.6 is 35.7 Å². The number of nitrogens with zero attached hydrogens (tertiary/aromatic N) is 4. The normalized spacial score (nSPS) is 23.2. The molecule has 5 nitrogen and oxygen atoms in total. The van der Waals surface area contributed by atoms with Crippen LogP contribution in [0.2, 0.25) is 0 Å². The molecule has 0 aromatic carbocycles. The van der Waals surface area contributed by atoms with Crippen molar-refractivity contribution in [3.8, 4) is 0 Å². The smallest absolute Gasteiger partial charge is 0.191 e. The first-order chi connectivity index (χ1) is 10.2. The van der Waals surface area contributed by atoms with Gasteiger partial charge in [-0.05, 0) is 12.5 Å². The van der Waals surface area contributed by atoms with Crippen molar-refractivity contribution in [2.45, 2.75) is 13.8 Å². The summed E-state index contributed by atoms with van der Waals surface area (Å²) < 4.78 is 0. The Labute approximate surface area is 157 Å². The van der Waals surface area contributed by atoms with E-state index in [0.717, 1.165) is 32.1 Å². The second-order valence-electron chi connectivity index (χ2n) is 6.14. The molecule has 2 heterocycles. The van der Waals surface area contributed by atoms with Crippen LogP contribution < -0.4 is 5.73 Å². The van der Waals surface area contributed by atoms with Crippen molar-refractivity contribution >= 4 is 41.7 Å². The summed E-state index contributed by atoms with van der Waals surface area (Å²) in [7, 11) is 0. The van der Waals surface area contributed by atoms with Crippen molar-refractivity contribution in [2.75, 3.05) is 70.4 Å². The minimum Gasteiger partial charge on any atom is -0.370 e. The van der Waals surface area contributed by atoms with Crippen molar-refractivity contribution in [1.82, 2.24) is 14.7 Å². The molecule has 2 N–H and O–H groups in total. The number of nitrogens with two attached hydrogens (primary N) is 1. The van der Waals surface area contributed by atoms with Crippen LogP contribution in [0.15, 0.2) is 4.99 Å². The maximum absolute atomic E-state index is 6.11. The lowest BCUT2D eigenvalue weighted by atomic mass is 10.1. The van der Waals surface area contributed by atoms with E-state index >= 15 is 0 Å². The monoisotopic (exact) mass is 441 g/mol. The number of aliphatic imine (C=N–C) groups is 1. The van der Waals surface area contributed by atoms with Gasteiger partial charge in [0.2, 0.25) is 0 Å². The first-order valence-electron chi connectivity index (χ1n) is 8.26. The molecule has 2 rings (SSSR count). The first kappa shape index (κ1) is 20.3. The molecular weight excluding hydrogens is 409 g/mol. The van der Waals surface area contributed by atoms with Crippen LogP contribution in [0, 0.1) is 5.92 Å². The molecule has 0 bridgehead atoms. The number of halogens is 1. The topological polar surface area (TPSA) is 48.1 Å². The molecule has 2 saturated heterocycles. The Morgan fingerprint density at radius 1 is 1.09 bits per heavy atom. The van der Waals surface area contributed by atoms with E-state index in [1.807, 2.05) is 11.8 Å². The quantitative estimate of drug-likeness (QED) is 0.395. The van der Waals surface area contributed by atoms with E-state index in [1.54, 1.807) is 0 Å². The summed E-state index contributed by atoms with van der Waals surface area (Å²) in [6.45, 7) is 14.6. The molecule has 1 unspecified atom stereocenters. The molecule has 2 fully saturated rings. The van der Waals surface area contributed by atoms with Gasteiger partial charge in [-0.1, -0.05) is 13.8 Å². The Morgan fingerprint density at radius 2 is 1.68 bits per heavy atom. The minimum atomic E-state index is 0. The number of rotatable bonds is 5. The zero-order valence-electron chi connectivity index (χ0n) is 14.0. The third-order valence-electron chi connectivity index (χ3n) is 4.38. The molecule has 0 spiro atoms. The van der Waals surface area contributed by atoms with Crippen LogP contribution in [0.3, 0.4) is 0 Å². The van der Waals surface area contributed by atoms with Crippen molar-refractivity contribution in [3.05, 3.63) is 0 Å². The average Bonchev–Trinajstić information content (AvgIpc) is 2.54. The number of guanidine groups is 1. The van der Waals surface area contributed by atoms with Gasteiger partial charge in [0.1, 0.15) is 0 Å². The number of thioether (sulfide) groups is 1. The number of hydrogen-bond donors (Lipinski definition) is 1. The fourth-order valence-electron chi connectivity index (χ4n) is 2.93. The summed E-state index contributed by atoms with van der Waals surface area (Å²) in [6.07, 6.45) is 0. The second kappa shape index (κ2) is 10.9.